The molecule has 0 unspecified atom stereocenters. The number of rotatable bonds is 3. The van der Waals surface area contributed by atoms with Crippen molar-refractivity contribution in [3.05, 3.63) is 54.4 Å². The quantitative estimate of drug-likeness (QED) is 0.793. The Kier molecular flexibility index (Phi) is 2.87. The van der Waals surface area contributed by atoms with Gasteiger partial charge in [0.2, 0.25) is 0 Å². The lowest BCUT2D eigenvalue weighted by molar-refractivity contribution is 0.0698. The minimum atomic E-state index is -0.985. The van der Waals surface area contributed by atoms with Crippen LogP contribution < -0.4 is 4.74 Å². The SMILES string of the molecule is COc1ccc(-n2cc(C(=O)O)c3ncccc32)cc1. The molecule has 0 atom stereocenters. The van der Waals surface area contributed by atoms with E-state index >= 15 is 0 Å². The molecule has 5 nitrogen and oxygen atoms in total. The van der Waals surface area contributed by atoms with Crippen LogP contribution in [0.5, 0.6) is 5.75 Å². The fraction of sp³-hybridized carbons (Fsp3) is 0.0667. The van der Waals surface area contributed by atoms with Crippen molar-refractivity contribution in [1.29, 1.82) is 0 Å². The van der Waals surface area contributed by atoms with Crippen LogP contribution in [0, 0.1) is 0 Å². The van der Waals surface area contributed by atoms with Crippen molar-refractivity contribution < 1.29 is 14.6 Å². The molecule has 5 heteroatoms. The second-order valence-corrected chi connectivity index (χ2v) is 4.29. The maximum atomic E-state index is 11.3. The highest BCUT2D eigenvalue weighted by Gasteiger charge is 2.15. The van der Waals surface area contributed by atoms with Crippen molar-refractivity contribution in [3.8, 4) is 11.4 Å². The molecular weight excluding hydrogens is 256 g/mol. The second-order valence-electron chi connectivity index (χ2n) is 4.29. The van der Waals surface area contributed by atoms with Crippen LogP contribution in [0.3, 0.4) is 0 Å². The molecule has 3 rings (SSSR count). The third-order valence-corrected chi connectivity index (χ3v) is 3.14. The van der Waals surface area contributed by atoms with E-state index in [1.807, 2.05) is 34.9 Å². The Hall–Kier alpha value is -2.82. The lowest BCUT2D eigenvalue weighted by atomic mass is 10.3. The number of fused-ring (bicyclic) bond motifs is 1. The van der Waals surface area contributed by atoms with Gasteiger partial charge in [0.25, 0.3) is 0 Å². The van der Waals surface area contributed by atoms with Gasteiger partial charge in [0.1, 0.15) is 16.8 Å². The van der Waals surface area contributed by atoms with Crippen molar-refractivity contribution in [2.45, 2.75) is 0 Å². The van der Waals surface area contributed by atoms with E-state index in [1.165, 1.54) is 0 Å². The van der Waals surface area contributed by atoms with E-state index in [-0.39, 0.29) is 5.56 Å². The first-order valence-corrected chi connectivity index (χ1v) is 6.04. The molecule has 1 N–H and O–H groups in total. The minimum absolute atomic E-state index is 0.191. The average Bonchev–Trinajstić information content (AvgIpc) is 2.87. The molecule has 0 spiro atoms. The van der Waals surface area contributed by atoms with E-state index in [9.17, 15) is 9.90 Å². The number of pyridine rings is 1. The van der Waals surface area contributed by atoms with Gasteiger partial charge in [0.15, 0.2) is 0 Å². The number of ether oxygens (including phenoxy) is 1. The van der Waals surface area contributed by atoms with Gasteiger partial charge < -0.3 is 14.4 Å². The van der Waals surface area contributed by atoms with Gasteiger partial charge in [-0.3, -0.25) is 4.98 Å². The number of nitrogens with zero attached hydrogens (tertiary/aromatic N) is 2. The van der Waals surface area contributed by atoms with Gasteiger partial charge in [0.05, 0.1) is 12.6 Å². The van der Waals surface area contributed by atoms with Crippen LogP contribution in [-0.2, 0) is 0 Å². The highest BCUT2D eigenvalue weighted by Crippen LogP contribution is 2.24. The van der Waals surface area contributed by atoms with E-state index in [0.717, 1.165) is 17.0 Å². The maximum absolute atomic E-state index is 11.3. The van der Waals surface area contributed by atoms with Gasteiger partial charge in [-0.05, 0) is 36.4 Å². The first kappa shape index (κ1) is 12.2. The summed E-state index contributed by atoms with van der Waals surface area (Å²) in [5.41, 5.74) is 2.29. The summed E-state index contributed by atoms with van der Waals surface area (Å²) >= 11 is 0. The molecule has 0 saturated heterocycles. The molecule has 0 bridgehead atoms. The van der Waals surface area contributed by atoms with Gasteiger partial charge in [-0.2, -0.15) is 0 Å². The molecule has 1 aromatic carbocycles. The van der Waals surface area contributed by atoms with E-state index < -0.39 is 5.97 Å². The zero-order valence-corrected chi connectivity index (χ0v) is 10.8. The maximum Gasteiger partial charge on any atom is 0.339 e. The van der Waals surface area contributed by atoms with Gasteiger partial charge in [0, 0.05) is 18.1 Å². The monoisotopic (exact) mass is 268 g/mol. The summed E-state index contributed by atoms with van der Waals surface area (Å²) in [5, 5.41) is 9.25. The fourth-order valence-electron chi connectivity index (χ4n) is 2.17. The second kappa shape index (κ2) is 4.70. The number of hydrogen-bond acceptors (Lipinski definition) is 3. The molecule has 0 aliphatic rings. The highest BCUT2D eigenvalue weighted by molar-refractivity contribution is 6.02. The zero-order chi connectivity index (χ0) is 14.1. The van der Waals surface area contributed by atoms with E-state index in [2.05, 4.69) is 4.98 Å². The summed E-state index contributed by atoms with van der Waals surface area (Å²) < 4.78 is 6.93. The molecule has 0 aliphatic carbocycles. The third kappa shape index (κ3) is 1.89. The van der Waals surface area contributed by atoms with Crippen LogP contribution in [0.15, 0.2) is 48.8 Å². The molecule has 2 aromatic heterocycles. The van der Waals surface area contributed by atoms with Crippen molar-refractivity contribution in [2.24, 2.45) is 0 Å². The van der Waals surface area contributed by atoms with Crippen molar-refractivity contribution in [1.82, 2.24) is 9.55 Å². The van der Waals surface area contributed by atoms with E-state index in [0.29, 0.717) is 5.52 Å². The van der Waals surface area contributed by atoms with Crippen LogP contribution in [0.1, 0.15) is 10.4 Å². The van der Waals surface area contributed by atoms with Gasteiger partial charge in [-0.1, -0.05) is 0 Å². The average molecular weight is 268 g/mol. The minimum Gasteiger partial charge on any atom is -0.497 e. The van der Waals surface area contributed by atoms with Crippen LogP contribution in [0.2, 0.25) is 0 Å². The Bertz CT molecular complexity index is 775. The van der Waals surface area contributed by atoms with E-state index in [4.69, 9.17) is 4.74 Å². The molecule has 2 heterocycles. The van der Waals surface area contributed by atoms with Crippen LogP contribution in [0.25, 0.3) is 16.7 Å². The summed E-state index contributed by atoms with van der Waals surface area (Å²) in [6.45, 7) is 0. The molecule has 0 saturated carbocycles. The van der Waals surface area contributed by atoms with Crippen molar-refractivity contribution in [3.63, 3.8) is 0 Å². The number of carboxylic acid groups (broad SMARTS) is 1. The molecule has 0 aliphatic heterocycles. The molecule has 0 amide bonds. The predicted octanol–water partition coefficient (Wildman–Crippen LogP) is 2.73. The summed E-state index contributed by atoms with van der Waals surface area (Å²) in [5.74, 6) is -0.234. The Morgan fingerprint density at radius 2 is 2.00 bits per heavy atom. The Morgan fingerprint density at radius 1 is 1.25 bits per heavy atom. The van der Waals surface area contributed by atoms with Crippen LogP contribution in [-0.4, -0.2) is 27.7 Å². The van der Waals surface area contributed by atoms with E-state index in [1.54, 1.807) is 25.6 Å². The number of carboxylic acids is 1. The lowest BCUT2D eigenvalue weighted by Gasteiger charge is -2.06. The van der Waals surface area contributed by atoms with Gasteiger partial charge >= 0.3 is 5.97 Å². The largest absolute Gasteiger partial charge is 0.497 e. The number of methoxy groups -OCH3 is 1. The molecule has 0 fully saturated rings. The summed E-state index contributed by atoms with van der Waals surface area (Å²) in [6.07, 6.45) is 3.18. The normalized spacial score (nSPS) is 10.7. The van der Waals surface area contributed by atoms with Crippen LogP contribution in [0.4, 0.5) is 0 Å². The first-order chi connectivity index (χ1) is 9.70. The first-order valence-electron chi connectivity index (χ1n) is 6.04. The number of aromatic nitrogens is 2. The summed E-state index contributed by atoms with van der Waals surface area (Å²) in [4.78, 5) is 15.4. The molecule has 3 aromatic rings. The molecule has 20 heavy (non-hydrogen) atoms. The number of hydrogen-bond donors (Lipinski definition) is 1. The number of aromatic carboxylic acids is 1. The van der Waals surface area contributed by atoms with Crippen molar-refractivity contribution in [2.75, 3.05) is 7.11 Å². The standard InChI is InChI=1S/C15H12N2O3/c1-20-11-6-4-10(5-7-11)17-9-12(15(18)19)14-13(17)3-2-8-16-14/h2-9H,1H3,(H,18,19). The lowest BCUT2D eigenvalue weighted by Crippen LogP contribution is -1.95. The molecule has 100 valence electrons. The van der Waals surface area contributed by atoms with Gasteiger partial charge in [-0.15, -0.1) is 0 Å². The molecular formula is C15H12N2O3. The topological polar surface area (TPSA) is 64.3 Å². The van der Waals surface area contributed by atoms with Crippen LogP contribution >= 0.6 is 0 Å². The number of benzene rings is 1. The molecule has 0 radical (unpaired) electrons. The summed E-state index contributed by atoms with van der Waals surface area (Å²) in [7, 11) is 1.60. The Morgan fingerprint density at radius 3 is 2.65 bits per heavy atom. The Labute approximate surface area is 115 Å². The Balaban J connectivity index is 2.22. The highest BCUT2D eigenvalue weighted by atomic mass is 16.5. The smallest absolute Gasteiger partial charge is 0.339 e. The fourth-order valence-corrected chi connectivity index (χ4v) is 2.17. The zero-order valence-electron chi connectivity index (χ0n) is 10.8. The third-order valence-electron chi connectivity index (χ3n) is 3.14. The predicted molar refractivity (Wildman–Crippen MR) is 74.6 cm³/mol. The number of carbonyl (C=O) groups is 1. The summed E-state index contributed by atoms with van der Waals surface area (Å²) in [6, 6.07) is 11.0. The van der Waals surface area contributed by atoms with Gasteiger partial charge in [-0.25, -0.2) is 4.79 Å². The van der Waals surface area contributed by atoms with Crippen molar-refractivity contribution >= 4 is 17.0 Å².